The number of aromatic nitrogens is 2. The molecule has 0 spiro atoms. The molecule has 1 aromatic heterocycles. The first-order valence-electron chi connectivity index (χ1n) is 14.6. The largest absolute Gasteiger partial charge is 0.488 e. The maximum absolute atomic E-state index is 13.9. The van der Waals surface area contributed by atoms with Crippen LogP contribution in [0, 0.1) is 17.6 Å². The van der Waals surface area contributed by atoms with Crippen molar-refractivity contribution in [2.45, 2.75) is 49.8 Å². The zero-order chi connectivity index (χ0) is 32.1. The van der Waals surface area contributed by atoms with Crippen LogP contribution in [0.4, 0.5) is 20.3 Å². The number of anilines is 2. The summed E-state index contributed by atoms with van der Waals surface area (Å²) in [5.74, 6) is -2.53. The number of H-pyrrole nitrogens is 1. The number of hydrogen-bond donors (Lipinski definition) is 3. The topological polar surface area (TPSA) is 146 Å². The average Bonchev–Trinajstić information content (AvgIpc) is 3.50. The molecule has 2 fully saturated rings. The van der Waals surface area contributed by atoms with Crippen LogP contribution < -0.4 is 15.4 Å². The lowest BCUT2D eigenvalue weighted by atomic mass is 9.99. The van der Waals surface area contributed by atoms with Crippen LogP contribution in [0.15, 0.2) is 41.3 Å². The third-order valence-corrected chi connectivity index (χ3v) is 10.5. The van der Waals surface area contributed by atoms with Gasteiger partial charge in [0.25, 0.3) is 5.91 Å². The number of fused-ring (bicyclic) bond motifs is 1. The van der Waals surface area contributed by atoms with Crippen LogP contribution in [0.3, 0.4) is 0 Å². The Morgan fingerprint density at radius 3 is 2.42 bits per heavy atom. The third kappa shape index (κ3) is 6.04. The number of likely N-dealkylation sites (tertiary alicyclic amines) is 1. The fourth-order valence-electron chi connectivity index (χ4n) is 5.96. The first kappa shape index (κ1) is 31.1. The highest BCUT2D eigenvalue weighted by Gasteiger charge is 2.48. The van der Waals surface area contributed by atoms with Crippen molar-refractivity contribution in [1.29, 1.82) is 0 Å². The molecule has 0 bridgehead atoms. The summed E-state index contributed by atoms with van der Waals surface area (Å²) in [7, 11) is -2.37. The minimum absolute atomic E-state index is 0.00758. The van der Waals surface area contributed by atoms with E-state index in [0.29, 0.717) is 49.1 Å². The Morgan fingerprint density at radius 1 is 1.07 bits per heavy atom. The summed E-state index contributed by atoms with van der Waals surface area (Å²) in [6.45, 7) is 5.50. The SMILES string of the molecule is CN1CC(Oc2ccc(C(=O)Nc3n[nH]c4c3CN(S(=O)(=O)c3cc(F)cc(F)c3)C4(C)C)c(NC(=O)C3CCOCC3)c2)C1. The Labute approximate surface area is 259 Å². The summed E-state index contributed by atoms with van der Waals surface area (Å²) in [5.41, 5.74) is 0.0436. The molecule has 2 saturated heterocycles. The molecule has 12 nitrogen and oxygen atoms in total. The van der Waals surface area contributed by atoms with Crippen LogP contribution in [0.5, 0.6) is 5.75 Å². The van der Waals surface area contributed by atoms with Gasteiger partial charge in [0.05, 0.1) is 27.4 Å². The molecule has 0 aliphatic carbocycles. The first-order chi connectivity index (χ1) is 21.3. The van der Waals surface area contributed by atoms with Gasteiger partial charge in [-0.1, -0.05) is 0 Å². The molecule has 0 radical (unpaired) electrons. The van der Waals surface area contributed by atoms with Crippen LogP contribution in [0.2, 0.25) is 0 Å². The van der Waals surface area contributed by atoms with Crippen molar-refractivity contribution in [2.75, 3.05) is 44.0 Å². The van der Waals surface area contributed by atoms with E-state index >= 15 is 0 Å². The van der Waals surface area contributed by atoms with Gasteiger partial charge in [-0.15, -0.1) is 0 Å². The molecule has 4 heterocycles. The van der Waals surface area contributed by atoms with Crippen molar-refractivity contribution in [3.8, 4) is 5.75 Å². The third-order valence-electron chi connectivity index (χ3n) is 8.48. The van der Waals surface area contributed by atoms with Gasteiger partial charge >= 0.3 is 0 Å². The molecule has 2 amide bonds. The lowest BCUT2D eigenvalue weighted by molar-refractivity contribution is -0.122. The highest BCUT2D eigenvalue weighted by molar-refractivity contribution is 7.89. The maximum Gasteiger partial charge on any atom is 0.258 e. The Morgan fingerprint density at radius 2 is 1.76 bits per heavy atom. The van der Waals surface area contributed by atoms with Crippen molar-refractivity contribution in [2.24, 2.45) is 5.92 Å². The average molecular weight is 645 g/mol. The van der Waals surface area contributed by atoms with Gasteiger partial charge in [-0.3, -0.25) is 19.6 Å². The van der Waals surface area contributed by atoms with Crippen LogP contribution in [-0.4, -0.2) is 79.1 Å². The summed E-state index contributed by atoms with van der Waals surface area (Å²) in [5, 5.41) is 12.7. The molecule has 3 aliphatic heterocycles. The molecule has 0 unspecified atom stereocenters. The monoisotopic (exact) mass is 644 g/mol. The van der Waals surface area contributed by atoms with E-state index < -0.39 is 38.0 Å². The second-order valence-electron chi connectivity index (χ2n) is 12.1. The summed E-state index contributed by atoms with van der Waals surface area (Å²) >= 11 is 0. The number of aromatic amines is 1. The van der Waals surface area contributed by atoms with Crippen molar-refractivity contribution in [3.63, 3.8) is 0 Å². The van der Waals surface area contributed by atoms with Gasteiger partial charge < -0.3 is 20.1 Å². The number of nitrogens with zero attached hydrogens (tertiary/aromatic N) is 3. The number of likely N-dealkylation sites (N-methyl/N-ethyl adjacent to an activating group) is 1. The number of benzene rings is 2. The zero-order valence-corrected chi connectivity index (χ0v) is 25.8. The quantitative estimate of drug-likeness (QED) is 0.338. The van der Waals surface area contributed by atoms with E-state index in [-0.39, 0.29) is 41.5 Å². The number of hydrogen-bond acceptors (Lipinski definition) is 8. The number of carbonyl (C=O) groups excluding carboxylic acids is 2. The normalized spacial score (nSPS) is 19.1. The minimum Gasteiger partial charge on any atom is -0.488 e. The molecule has 6 rings (SSSR count). The fraction of sp³-hybridized carbons (Fsp3) is 0.433. The zero-order valence-electron chi connectivity index (χ0n) is 25.0. The molecule has 0 saturated carbocycles. The Bertz CT molecular complexity index is 1730. The molecule has 2 aromatic carbocycles. The second-order valence-corrected chi connectivity index (χ2v) is 14.0. The molecule has 15 heteroatoms. The number of nitrogens with one attached hydrogen (secondary N) is 3. The number of rotatable bonds is 8. The van der Waals surface area contributed by atoms with E-state index in [0.717, 1.165) is 29.5 Å². The number of amides is 2. The standard InChI is InChI=1S/C30H34F2N6O6S/c1-30(2)26-24(16-38(30)45(41,42)22-11-18(31)10-19(32)12-22)27(36-35-26)34-29(40)23-5-4-20(44-21-14-37(3)15-21)13-25(23)33-28(39)17-6-8-43-9-7-17/h4-5,10-13,17,21H,6-9,14-16H2,1-3H3,(H,33,39)(H2,34,35,36,40). The Hall–Kier alpha value is -3.92. The Kier molecular flexibility index (Phi) is 8.14. The highest BCUT2D eigenvalue weighted by atomic mass is 32.2. The van der Waals surface area contributed by atoms with E-state index in [1.165, 1.54) is 0 Å². The molecular formula is C30H34F2N6O6S. The van der Waals surface area contributed by atoms with Gasteiger partial charge in [-0.05, 0) is 58.0 Å². The van der Waals surface area contributed by atoms with Crippen molar-refractivity contribution < 1.29 is 36.3 Å². The Balaban J connectivity index is 1.26. The predicted octanol–water partition coefficient (Wildman–Crippen LogP) is 3.44. The minimum atomic E-state index is -4.35. The van der Waals surface area contributed by atoms with Gasteiger partial charge in [0.1, 0.15) is 23.5 Å². The van der Waals surface area contributed by atoms with Crippen LogP contribution in [0.1, 0.15) is 48.3 Å². The lowest BCUT2D eigenvalue weighted by Crippen LogP contribution is -2.51. The van der Waals surface area contributed by atoms with E-state index in [1.54, 1.807) is 32.0 Å². The highest BCUT2D eigenvalue weighted by Crippen LogP contribution is 2.44. The molecule has 45 heavy (non-hydrogen) atoms. The van der Waals surface area contributed by atoms with Gasteiger partial charge in [-0.2, -0.15) is 9.40 Å². The van der Waals surface area contributed by atoms with E-state index in [9.17, 15) is 26.8 Å². The van der Waals surface area contributed by atoms with Crippen LogP contribution in [0.25, 0.3) is 0 Å². The van der Waals surface area contributed by atoms with Gasteiger partial charge in [-0.25, -0.2) is 17.2 Å². The molecule has 3 aliphatic rings. The number of carbonyl (C=O) groups is 2. The lowest BCUT2D eigenvalue weighted by Gasteiger charge is -2.36. The van der Waals surface area contributed by atoms with Crippen LogP contribution >= 0.6 is 0 Å². The smallest absolute Gasteiger partial charge is 0.258 e. The summed E-state index contributed by atoms with van der Waals surface area (Å²) in [6.07, 6.45) is 1.12. The van der Waals surface area contributed by atoms with Crippen molar-refractivity contribution in [1.82, 2.24) is 19.4 Å². The van der Waals surface area contributed by atoms with E-state index in [4.69, 9.17) is 9.47 Å². The van der Waals surface area contributed by atoms with Crippen molar-refractivity contribution in [3.05, 3.63) is 64.9 Å². The molecule has 240 valence electrons. The maximum atomic E-state index is 13.9. The van der Waals surface area contributed by atoms with Gasteiger partial charge in [0.15, 0.2) is 5.82 Å². The second kappa shape index (κ2) is 11.8. The van der Waals surface area contributed by atoms with E-state index in [2.05, 4.69) is 25.7 Å². The number of ether oxygens (including phenoxy) is 2. The molecular weight excluding hydrogens is 610 g/mol. The van der Waals surface area contributed by atoms with Gasteiger partial charge in [0.2, 0.25) is 15.9 Å². The van der Waals surface area contributed by atoms with E-state index in [1.807, 2.05) is 7.05 Å². The number of sulfonamides is 1. The number of halogens is 2. The molecule has 0 atom stereocenters. The first-order valence-corrected chi connectivity index (χ1v) is 16.0. The fourth-order valence-corrected chi connectivity index (χ4v) is 7.73. The van der Waals surface area contributed by atoms with Crippen LogP contribution in [-0.2, 0) is 31.6 Å². The molecule has 3 aromatic rings. The summed E-state index contributed by atoms with van der Waals surface area (Å²) in [6, 6.07) is 6.94. The summed E-state index contributed by atoms with van der Waals surface area (Å²) in [4.78, 5) is 28.4. The van der Waals surface area contributed by atoms with Crippen molar-refractivity contribution >= 4 is 33.3 Å². The summed E-state index contributed by atoms with van der Waals surface area (Å²) < 4.78 is 67.4. The molecule has 3 N–H and O–H groups in total. The predicted molar refractivity (Wildman–Crippen MR) is 159 cm³/mol. The van der Waals surface area contributed by atoms with Gasteiger partial charge in [0, 0.05) is 56.5 Å².